The van der Waals surface area contributed by atoms with Crippen LogP contribution in [0.5, 0.6) is 0 Å². The molecule has 0 aliphatic carbocycles. The molecule has 0 aliphatic heterocycles. The van der Waals surface area contributed by atoms with Gasteiger partial charge in [0.2, 0.25) is 5.91 Å². The Kier molecular flexibility index (Phi) is 6.73. The van der Waals surface area contributed by atoms with Gasteiger partial charge in [-0.1, -0.05) is 43.3 Å². The zero-order chi connectivity index (χ0) is 18.3. The molecule has 0 aromatic heterocycles. The van der Waals surface area contributed by atoms with Crippen LogP contribution in [0.25, 0.3) is 0 Å². The molecule has 2 aromatic carbocycles. The highest BCUT2D eigenvalue weighted by Crippen LogP contribution is 2.15. The van der Waals surface area contributed by atoms with E-state index in [2.05, 4.69) is 17.1 Å². The maximum Gasteiger partial charge on any atom is 0.238 e. The van der Waals surface area contributed by atoms with E-state index in [4.69, 9.17) is 0 Å². The topological polar surface area (TPSA) is 66.5 Å². The van der Waals surface area contributed by atoms with Crippen molar-refractivity contribution in [3.8, 4) is 0 Å². The maximum atomic E-state index is 12.3. The Morgan fingerprint density at radius 2 is 1.80 bits per heavy atom. The summed E-state index contributed by atoms with van der Waals surface area (Å²) in [6.07, 6.45) is 2.10. The summed E-state index contributed by atoms with van der Waals surface area (Å²) in [7, 11) is -3.30. The van der Waals surface area contributed by atoms with E-state index in [1.54, 1.807) is 12.1 Å². The van der Waals surface area contributed by atoms with Crippen molar-refractivity contribution >= 4 is 21.4 Å². The summed E-state index contributed by atoms with van der Waals surface area (Å²) >= 11 is 0. The first-order chi connectivity index (χ1) is 11.9. The summed E-state index contributed by atoms with van der Waals surface area (Å²) in [5.74, 6) is -0.157. The molecule has 1 N–H and O–H groups in total. The number of hydrogen-bond donors (Lipinski definition) is 1. The van der Waals surface area contributed by atoms with Crippen LogP contribution < -0.4 is 5.32 Å². The largest absolute Gasteiger partial charge is 0.325 e. The van der Waals surface area contributed by atoms with Gasteiger partial charge in [-0.25, -0.2) is 8.42 Å². The Morgan fingerprint density at radius 1 is 1.08 bits per heavy atom. The molecule has 0 radical (unpaired) electrons. The van der Waals surface area contributed by atoms with E-state index >= 15 is 0 Å². The van der Waals surface area contributed by atoms with E-state index in [9.17, 15) is 13.2 Å². The van der Waals surface area contributed by atoms with Crippen LogP contribution in [-0.2, 0) is 21.2 Å². The van der Waals surface area contributed by atoms with Gasteiger partial charge in [0, 0.05) is 18.5 Å². The Balaban J connectivity index is 2.01. The summed E-state index contributed by atoms with van der Waals surface area (Å²) in [6.45, 7) is 3.84. The average Bonchev–Trinajstić information content (AvgIpc) is 2.55. The summed E-state index contributed by atoms with van der Waals surface area (Å²) < 4.78 is 23.2. The van der Waals surface area contributed by atoms with Crippen molar-refractivity contribution in [2.45, 2.75) is 24.8 Å². The molecule has 2 rings (SSSR count). The molecule has 6 heteroatoms. The lowest BCUT2D eigenvalue weighted by Gasteiger charge is -2.21. The second kappa shape index (κ2) is 8.78. The second-order valence-corrected chi connectivity index (χ2v) is 8.06. The van der Waals surface area contributed by atoms with Gasteiger partial charge in [0.25, 0.3) is 0 Å². The monoisotopic (exact) mass is 360 g/mol. The van der Waals surface area contributed by atoms with Gasteiger partial charge in [-0.05, 0) is 36.7 Å². The van der Waals surface area contributed by atoms with E-state index in [0.717, 1.165) is 24.8 Å². The minimum absolute atomic E-state index is 0.157. The first-order valence-corrected chi connectivity index (χ1v) is 10.1. The molecule has 0 aliphatic rings. The lowest BCUT2D eigenvalue weighted by molar-refractivity contribution is -0.117. The lowest BCUT2D eigenvalue weighted by Crippen LogP contribution is -2.33. The minimum atomic E-state index is -3.30. The number of anilines is 1. The predicted molar refractivity (Wildman–Crippen MR) is 100 cm³/mol. The fourth-order valence-electron chi connectivity index (χ4n) is 2.58. The van der Waals surface area contributed by atoms with E-state index in [-0.39, 0.29) is 17.3 Å². The van der Waals surface area contributed by atoms with Gasteiger partial charge in [0.15, 0.2) is 9.84 Å². The lowest BCUT2D eigenvalue weighted by atomic mass is 10.2. The molecule has 0 fully saturated rings. The van der Waals surface area contributed by atoms with Crippen molar-refractivity contribution in [2.24, 2.45) is 0 Å². The molecule has 0 atom stereocenters. The van der Waals surface area contributed by atoms with Crippen LogP contribution in [0.4, 0.5) is 5.69 Å². The molecule has 0 unspecified atom stereocenters. The molecular weight excluding hydrogens is 336 g/mol. The molecule has 0 saturated carbocycles. The zero-order valence-electron chi connectivity index (χ0n) is 14.6. The van der Waals surface area contributed by atoms with Crippen molar-refractivity contribution in [1.82, 2.24) is 4.90 Å². The van der Waals surface area contributed by atoms with Gasteiger partial charge in [-0.15, -0.1) is 0 Å². The number of nitrogens with one attached hydrogen (secondary N) is 1. The van der Waals surface area contributed by atoms with Crippen LogP contribution in [0.2, 0.25) is 0 Å². The van der Waals surface area contributed by atoms with Crippen LogP contribution in [0, 0.1) is 0 Å². The van der Waals surface area contributed by atoms with Crippen LogP contribution in [0.15, 0.2) is 59.5 Å². The number of hydrogen-bond acceptors (Lipinski definition) is 4. The van der Waals surface area contributed by atoms with Crippen LogP contribution >= 0.6 is 0 Å². The third kappa shape index (κ3) is 6.32. The summed E-state index contributed by atoms with van der Waals surface area (Å²) in [4.78, 5) is 14.6. The van der Waals surface area contributed by atoms with Crippen molar-refractivity contribution in [3.05, 3.63) is 60.2 Å². The van der Waals surface area contributed by atoms with Crippen molar-refractivity contribution < 1.29 is 13.2 Å². The first-order valence-electron chi connectivity index (χ1n) is 8.24. The zero-order valence-corrected chi connectivity index (χ0v) is 15.4. The van der Waals surface area contributed by atoms with Crippen molar-refractivity contribution in [2.75, 3.05) is 24.7 Å². The number of carbonyl (C=O) groups excluding carboxylic acids is 1. The van der Waals surface area contributed by atoms with Gasteiger partial charge < -0.3 is 5.32 Å². The molecule has 5 nitrogen and oxygen atoms in total. The molecule has 0 bridgehead atoms. The minimum Gasteiger partial charge on any atom is -0.325 e. The molecular formula is C19H24N2O3S. The van der Waals surface area contributed by atoms with Gasteiger partial charge in [-0.3, -0.25) is 9.69 Å². The Hall–Kier alpha value is -2.18. The van der Waals surface area contributed by atoms with E-state index in [1.165, 1.54) is 12.1 Å². The third-order valence-corrected chi connectivity index (χ3v) is 4.81. The molecule has 0 saturated heterocycles. The number of carbonyl (C=O) groups is 1. The summed E-state index contributed by atoms with van der Waals surface area (Å²) in [6, 6.07) is 16.3. The Morgan fingerprint density at radius 3 is 2.44 bits per heavy atom. The SMILES string of the molecule is CCCN(CC(=O)Nc1cccc(S(C)(=O)=O)c1)Cc1ccccc1. The van der Waals surface area contributed by atoms with Gasteiger partial charge in [-0.2, -0.15) is 0 Å². The molecule has 0 heterocycles. The quantitative estimate of drug-likeness (QED) is 0.786. The van der Waals surface area contributed by atoms with Crippen LogP contribution in [0.3, 0.4) is 0 Å². The standard InChI is InChI=1S/C19H24N2O3S/c1-3-12-21(14-16-8-5-4-6-9-16)15-19(22)20-17-10-7-11-18(13-17)25(2,23)24/h4-11,13H,3,12,14-15H2,1-2H3,(H,20,22). The highest BCUT2D eigenvalue weighted by molar-refractivity contribution is 7.90. The summed E-state index contributed by atoms with van der Waals surface area (Å²) in [5, 5.41) is 2.78. The van der Waals surface area contributed by atoms with Gasteiger partial charge in [0.05, 0.1) is 11.4 Å². The van der Waals surface area contributed by atoms with Crippen molar-refractivity contribution in [1.29, 1.82) is 0 Å². The fraction of sp³-hybridized carbons (Fsp3) is 0.316. The number of rotatable bonds is 8. The molecule has 0 spiro atoms. The van der Waals surface area contributed by atoms with E-state index in [0.29, 0.717) is 12.2 Å². The van der Waals surface area contributed by atoms with Crippen LogP contribution in [0.1, 0.15) is 18.9 Å². The normalized spacial score (nSPS) is 11.5. The molecule has 1 amide bonds. The number of sulfone groups is 1. The van der Waals surface area contributed by atoms with Crippen molar-refractivity contribution in [3.63, 3.8) is 0 Å². The molecule has 2 aromatic rings. The number of amides is 1. The predicted octanol–water partition coefficient (Wildman–Crippen LogP) is 2.94. The Bertz CT molecular complexity index is 804. The van der Waals surface area contributed by atoms with E-state index in [1.807, 2.05) is 30.3 Å². The first kappa shape index (κ1) is 19.1. The fourth-order valence-corrected chi connectivity index (χ4v) is 3.25. The van der Waals surface area contributed by atoms with Gasteiger partial charge in [0.1, 0.15) is 0 Å². The highest BCUT2D eigenvalue weighted by Gasteiger charge is 2.12. The second-order valence-electron chi connectivity index (χ2n) is 6.04. The third-order valence-electron chi connectivity index (χ3n) is 3.70. The maximum absolute atomic E-state index is 12.3. The summed E-state index contributed by atoms with van der Waals surface area (Å²) in [5.41, 5.74) is 1.65. The number of benzene rings is 2. The van der Waals surface area contributed by atoms with E-state index < -0.39 is 9.84 Å². The highest BCUT2D eigenvalue weighted by atomic mass is 32.2. The average molecular weight is 360 g/mol. The molecule has 134 valence electrons. The van der Waals surface area contributed by atoms with Gasteiger partial charge >= 0.3 is 0 Å². The van der Waals surface area contributed by atoms with Crippen LogP contribution in [-0.4, -0.2) is 38.6 Å². The smallest absolute Gasteiger partial charge is 0.238 e. The Labute approximate surface area is 149 Å². The number of nitrogens with zero attached hydrogens (tertiary/aromatic N) is 1. The molecule has 25 heavy (non-hydrogen) atoms.